The average molecular weight is 249 g/mol. The fourth-order valence-electron chi connectivity index (χ4n) is 1.24. The Morgan fingerprint density at radius 1 is 1.22 bits per heavy atom. The van der Waals surface area contributed by atoms with E-state index in [4.69, 9.17) is 14.7 Å². The number of aliphatic hydroxyl groups is 1. The molecule has 1 N–H and O–H groups in total. The zero-order valence-electron chi connectivity index (χ0n) is 9.84. The normalized spacial score (nSPS) is 11.2. The third kappa shape index (κ3) is 3.57. The molecule has 0 aromatic heterocycles. The molecule has 1 rings (SSSR count). The predicted molar refractivity (Wildman–Crippen MR) is 59.6 cm³/mol. The Morgan fingerprint density at radius 3 is 2.28 bits per heavy atom. The van der Waals surface area contributed by atoms with Crippen LogP contribution in [-0.4, -0.2) is 17.0 Å². The minimum Gasteiger partial charge on any atom is -0.423 e. The second-order valence-corrected chi connectivity index (χ2v) is 3.43. The predicted octanol–water partition coefficient (Wildman–Crippen LogP) is 1.09. The van der Waals surface area contributed by atoms with Gasteiger partial charge in [0.05, 0.1) is 6.07 Å². The first-order valence-corrected chi connectivity index (χ1v) is 5.02. The van der Waals surface area contributed by atoms with Crippen LogP contribution < -0.4 is 9.47 Å². The largest absolute Gasteiger partial charge is 0.423 e. The maximum absolute atomic E-state index is 10.9. The molecular weight excluding hydrogens is 238 g/mol. The van der Waals surface area contributed by atoms with Crippen molar-refractivity contribution in [2.75, 3.05) is 0 Å². The number of esters is 2. The highest BCUT2D eigenvalue weighted by molar-refractivity contribution is 5.73. The van der Waals surface area contributed by atoms with E-state index in [1.165, 1.54) is 32.0 Å². The maximum Gasteiger partial charge on any atom is 0.308 e. The Labute approximate surface area is 103 Å². The third-order valence-corrected chi connectivity index (χ3v) is 1.91. The number of carbonyl (C=O) groups excluding carboxylic acids is 2. The summed E-state index contributed by atoms with van der Waals surface area (Å²) in [6, 6.07) is 5.65. The molecule has 1 aromatic carbocycles. The summed E-state index contributed by atoms with van der Waals surface area (Å²) in [5.41, 5.74) is 0.240. The van der Waals surface area contributed by atoms with Crippen LogP contribution in [0.4, 0.5) is 0 Å². The van der Waals surface area contributed by atoms with Gasteiger partial charge < -0.3 is 14.6 Å². The van der Waals surface area contributed by atoms with E-state index >= 15 is 0 Å². The first kappa shape index (κ1) is 13.7. The fourth-order valence-corrected chi connectivity index (χ4v) is 1.24. The minimum absolute atomic E-state index is 0.0236. The molecule has 0 aliphatic carbocycles. The van der Waals surface area contributed by atoms with Gasteiger partial charge in [-0.1, -0.05) is 6.07 Å². The Morgan fingerprint density at radius 2 is 1.78 bits per heavy atom. The van der Waals surface area contributed by atoms with Gasteiger partial charge in [-0.3, -0.25) is 9.59 Å². The number of rotatable bonds is 3. The molecule has 0 aliphatic rings. The van der Waals surface area contributed by atoms with Gasteiger partial charge >= 0.3 is 11.9 Å². The van der Waals surface area contributed by atoms with Crippen LogP contribution in [0.1, 0.15) is 25.5 Å². The lowest BCUT2D eigenvalue weighted by Gasteiger charge is -2.10. The lowest BCUT2D eigenvalue weighted by atomic mass is 10.1. The number of benzene rings is 1. The van der Waals surface area contributed by atoms with Gasteiger partial charge in [0.15, 0.2) is 17.6 Å². The van der Waals surface area contributed by atoms with Crippen molar-refractivity contribution in [3.8, 4) is 17.6 Å². The average Bonchev–Trinajstić information content (AvgIpc) is 2.29. The van der Waals surface area contributed by atoms with Gasteiger partial charge in [-0.15, -0.1) is 0 Å². The molecular formula is C12H11NO5. The summed E-state index contributed by atoms with van der Waals surface area (Å²) in [5.74, 6) is -1.15. The van der Waals surface area contributed by atoms with E-state index in [1.54, 1.807) is 6.07 Å². The molecule has 0 saturated carbocycles. The Bertz CT molecular complexity index is 518. The van der Waals surface area contributed by atoms with Crippen LogP contribution in [0.15, 0.2) is 18.2 Å². The number of hydrogen-bond acceptors (Lipinski definition) is 6. The third-order valence-electron chi connectivity index (χ3n) is 1.91. The van der Waals surface area contributed by atoms with E-state index < -0.39 is 18.0 Å². The topological polar surface area (TPSA) is 96.6 Å². The molecule has 1 aromatic rings. The molecule has 6 heteroatoms. The summed E-state index contributed by atoms with van der Waals surface area (Å²) in [6.45, 7) is 2.39. The lowest BCUT2D eigenvalue weighted by molar-refractivity contribution is -0.134. The van der Waals surface area contributed by atoms with Crippen LogP contribution >= 0.6 is 0 Å². The van der Waals surface area contributed by atoms with Crippen LogP contribution in [0.25, 0.3) is 0 Å². The summed E-state index contributed by atoms with van der Waals surface area (Å²) >= 11 is 0. The van der Waals surface area contributed by atoms with Crippen molar-refractivity contribution in [3.05, 3.63) is 23.8 Å². The molecule has 0 amide bonds. The van der Waals surface area contributed by atoms with E-state index in [-0.39, 0.29) is 17.1 Å². The van der Waals surface area contributed by atoms with E-state index in [1.807, 2.05) is 0 Å². The molecule has 6 nitrogen and oxygen atoms in total. The van der Waals surface area contributed by atoms with Crippen molar-refractivity contribution in [1.82, 2.24) is 0 Å². The van der Waals surface area contributed by atoms with Crippen LogP contribution in [0.5, 0.6) is 11.5 Å². The highest BCUT2D eigenvalue weighted by atomic mass is 16.6. The minimum atomic E-state index is -1.34. The Hall–Kier alpha value is -2.39. The number of aliphatic hydroxyl groups excluding tert-OH is 1. The van der Waals surface area contributed by atoms with Gasteiger partial charge in [-0.05, 0) is 17.7 Å². The summed E-state index contributed by atoms with van der Waals surface area (Å²) in [5, 5.41) is 17.9. The maximum atomic E-state index is 10.9. The van der Waals surface area contributed by atoms with Gasteiger partial charge in [0, 0.05) is 13.8 Å². The van der Waals surface area contributed by atoms with Crippen molar-refractivity contribution in [2.24, 2.45) is 0 Å². The van der Waals surface area contributed by atoms with E-state index in [0.29, 0.717) is 0 Å². The van der Waals surface area contributed by atoms with Crippen LogP contribution in [-0.2, 0) is 9.59 Å². The lowest BCUT2D eigenvalue weighted by Crippen LogP contribution is -2.08. The molecule has 94 valence electrons. The molecule has 0 fully saturated rings. The number of hydrogen-bond donors (Lipinski definition) is 1. The summed E-state index contributed by atoms with van der Waals surface area (Å²) < 4.78 is 9.68. The SMILES string of the molecule is CC(=O)Oc1ccc(C(O)C#N)cc1OC(C)=O. The number of carbonyl (C=O) groups is 2. The summed E-state index contributed by atoms with van der Waals surface area (Å²) in [4.78, 5) is 21.8. The van der Waals surface area contributed by atoms with Crippen molar-refractivity contribution < 1.29 is 24.2 Å². The first-order valence-electron chi connectivity index (χ1n) is 5.02. The second-order valence-electron chi connectivity index (χ2n) is 3.43. The molecule has 0 aliphatic heterocycles. The smallest absolute Gasteiger partial charge is 0.308 e. The highest BCUT2D eigenvalue weighted by Gasteiger charge is 2.14. The Balaban J connectivity index is 3.16. The van der Waals surface area contributed by atoms with Crippen LogP contribution in [0, 0.1) is 11.3 Å². The van der Waals surface area contributed by atoms with Gasteiger partial charge in [-0.25, -0.2) is 0 Å². The molecule has 0 spiro atoms. The van der Waals surface area contributed by atoms with Gasteiger partial charge in [0.1, 0.15) is 0 Å². The molecule has 1 atom stereocenters. The van der Waals surface area contributed by atoms with Gasteiger partial charge in [-0.2, -0.15) is 5.26 Å². The van der Waals surface area contributed by atoms with Gasteiger partial charge in [0.25, 0.3) is 0 Å². The zero-order chi connectivity index (χ0) is 13.7. The standard InChI is InChI=1S/C12H11NO5/c1-7(14)17-11-4-3-9(10(16)6-13)5-12(11)18-8(2)15/h3-5,10,16H,1-2H3. The number of ether oxygens (including phenoxy) is 2. The fraction of sp³-hybridized carbons (Fsp3) is 0.250. The summed E-state index contributed by atoms with van der Waals surface area (Å²) in [7, 11) is 0. The summed E-state index contributed by atoms with van der Waals surface area (Å²) in [6.07, 6.45) is -1.34. The highest BCUT2D eigenvalue weighted by Crippen LogP contribution is 2.30. The number of nitriles is 1. The van der Waals surface area contributed by atoms with Crippen molar-refractivity contribution in [1.29, 1.82) is 5.26 Å². The van der Waals surface area contributed by atoms with Crippen molar-refractivity contribution in [3.63, 3.8) is 0 Å². The molecule has 0 radical (unpaired) electrons. The van der Waals surface area contributed by atoms with E-state index in [2.05, 4.69) is 0 Å². The van der Waals surface area contributed by atoms with E-state index in [9.17, 15) is 14.7 Å². The van der Waals surface area contributed by atoms with Crippen LogP contribution in [0.2, 0.25) is 0 Å². The van der Waals surface area contributed by atoms with E-state index in [0.717, 1.165) is 0 Å². The molecule has 1 unspecified atom stereocenters. The van der Waals surface area contributed by atoms with Crippen molar-refractivity contribution in [2.45, 2.75) is 20.0 Å². The number of nitrogens with zero attached hydrogens (tertiary/aromatic N) is 1. The quantitative estimate of drug-likeness (QED) is 0.489. The monoisotopic (exact) mass is 249 g/mol. The Kier molecular flexibility index (Phi) is 4.40. The molecule has 0 heterocycles. The first-order chi connectivity index (χ1) is 8.43. The zero-order valence-corrected chi connectivity index (χ0v) is 9.84. The second kappa shape index (κ2) is 5.80. The molecule has 18 heavy (non-hydrogen) atoms. The van der Waals surface area contributed by atoms with Crippen molar-refractivity contribution >= 4 is 11.9 Å². The molecule has 0 saturated heterocycles. The molecule has 0 bridgehead atoms. The van der Waals surface area contributed by atoms with Gasteiger partial charge in [0.2, 0.25) is 0 Å². The van der Waals surface area contributed by atoms with Crippen LogP contribution in [0.3, 0.4) is 0 Å².